The third kappa shape index (κ3) is 3.26. The molecule has 6 nitrogen and oxygen atoms in total. The molecule has 0 aromatic heterocycles. The zero-order chi connectivity index (χ0) is 15.4. The summed E-state index contributed by atoms with van der Waals surface area (Å²) in [7, 11) is 1.99. The third-order valence-corrected chi connectivity index (χ3v) is 3.56. The summed E-state index contributed by atoms with van der Waals surface area (Å²) in [5.74, 6) is -0.987. The summed E-state index contributed by atoms with van der Waals surface area (Å²) in [6.45, 7) is 3.41. The first-order valence-corrected chi connectivity index (χ1v) is 7.13. The Morgan fingerprint density at radius 1 is 1.24 bits per heavy atom. The standard InChI is InChI=1S/C15H21N3O3/c1-3-8-17(11-14(19)20)15(21)18-10-9-16(2)12-6-4-5-7-13(12)18/h4-7H,3,8-11H2,1-2H3,(H,19,20). The predicted octanol–water partition coefficient (Wildman–Crippen LogP) is 1.86. The number of benzene rings is 1. The smallest absolute Gasteiger partial charge is 0.325 e. The van der Waals surface area contributed by atoms with Gasteiger partial charge in [0.05, 0.1) is 11.4 Å². The number of carboxylic acids is 1. The molecular formula is C15H21N3O3. The van der Waals surface area contributed by atoms with E-state index in [1.54, 1.807) is 4.90 Å². The molecule has 2 amide bonds. The van der Waals surface area contributed by atoms with Gasteiger partial charge >= 0.3 is 12.0 Å². The molecule has 1 aliphatic rings. The number of carboxylic acid groups (broad SMARTS) is 1. The molecule has 0 saturated heterocycles. The van der Waals surface area contributed by atoms with Crippen LogP contribution < -0.4 is 9.80 Å². The Labute approximate surface area is 124 Å². The number of hydrogen-bond donors (Lipinski definition) is 1. The van der Waals surface area contributed by atoms with E-state index in [9.17, 15) is 9.59 Å². The van der Waals surface area contributed by atoms with Crippen LogP contribution in [0.1, 0.15) is 13.3 Å². The molecule has 1 heterocycles. The molecule has 1 aromatic rings. The molecule has 2 rings (SSSR count). The van der Waals surface area contributed by atoms with Crippen molar-refractivity contribution in [1.29, 1.82) is 0 Å². The van der Waals surface area contributed by atoms with Crippen molar-refractivity contribution in [3.8, 4) is 0 Å². The number of fused-ring (bicyclic) bond motifs is 1. The minimum Gasteiger partial charge on any atom is -0.480 e. The molecule has 0 fully saturated rings. The van der Waals surface area contributed by atoms with Crippen molar-refractivity contribution in [2.45, 2.75) is 13.3 Å². The fraction of sp³-hybridized carbons (Fsp3) is 0.467. The van der Waals surface area contributed by atoms with Gasteiger partial charge in [0.15, 0.2) is 0 Å². The summed E-state index contributed by atoms with van der Waals surface area (Å²) in [5, 5.41) is 8.97. The average molecular weight is 291 g/mol. The Morgan fingerprint density at radius 2 is 1.90 bits per heavy atom. The van der Waals surface area contributed by atoms with Crippen molar-refractivity contribution in [2.24, 2.45) is 0 Å². The summed E-state index contributed by atoms with van der Waals surface area (Å²) in [6.07, 6.45) is 0.731. The lowest BCUT2D eigenvalue weighted by molar-refractivity contribution is -0.137. The quantitative estimate of drug-likeness (QED) is 0.919. The van der Waals surface area contributed by atoms with Crippen molar-refractivity contribution in [3.05, 3.63) is 24.3 Å². The van der Waals surface area contributed by atoms with E-state index >= 15 is 0 Å². The van der Waals surface area contributed by atoms with Crippen LogP contribution in [-0.4, -0.2) is 55.2 Å². The number of hydrogen-bond acceptors (Lipinski definition) is 3. The highest BCUT2D eigenvalue weighted by molar-refractivity contribution is 5.97. The van der Waals surface area contributed by atoms with Crippen LogP contribution in [0, 0.1) is 0 Å². The van der Waals surface area contributed by atoms with Gasteiger partial charge in [0.2, 0.25) is 0 Å². The van der Waals surface area contributed by atoms with Gasteiger partial charge in [0.1, 0.15) is 6.54 Å². The lowest BCUT2D eigenvalue weighted by Gasteiger charge is -2.37. The number of likely N-dealkylation sites (N-methyl/N-ethyl adjacent to an activating group) is 1. The van der Waals surface area contributed by atoms with Gasteiger partial charge in [-0.1, -0.05) is 19.1 Å². The monoisotopic (exact) mass is 291 g/mol. The molecule has 1 N–H and O–H groups in total. The van der Waals surface area contributed by atoms with E-state index in [1.807, 2.05) is 38.2 Å². The van der Waals surface area contributed by atoms with Crippen LogP contribution in [0.2, 0.25) is 0 Å². The van der Waals surface area contributed by atoms with Crippen molar-refractivity contribution >= 4 is 23.4 Å². The number of nitrogens with zero attached hydrogens (tertiary/aromatic N) is 3. The molecule has 0 radical (unpaired) electrons. The fourth-order valence-corrected chi connectivity index (χ4v) is 2.55. The van der Waals surface area contributed by atoms with E-state index in [4.69, 9.17) is 5.11 Å². The molecule has 0 saturated carbocycles. The summed E-state index contributed by atoms with van der Waals surface area (Å²) in [5.41, 5.74) is 1.83. The van der Waals surface area contributed by atoms with Crippen molar-refractivity contribution in [3.63, 3.8) is 0 Å². The van der Waals surface area contributed by atoms with Crippen molar-refractivity contribution < 1.29 is 14.7 Å². The second-order valence-corrected chi connectivity index (χ2v) is 5.16. The molecule has 0 bridgehead atoms. The molecule has 6 heteroatoms. The second-order valence-electron chi connectivity index (χ2n) is 5.16. The molecule has 0 unspecified atom stereocenters. The summed E-state index contributed by atoms with van der Waals surface area (Å²) in [6, 6.07) is 7.45. The van der Waals surface area contributed by atoms with Gasteiger partial charge in [-0.25, -0.2) is 4.79 Å². The summed E-state index contributed by atoms with van der Waals surface area (Å²) < 4.78 is 0. The number of amides is 2. The zero-order valence-corrected chi connectivity index (χ0v) is 12.5. The topological polar surface area (TPSA) is 64.1 Å². The number of rotatable bonds is 4. The molecule has 21 heavy (non-hydrogen) atoms. The first-order valence-electron chi connectivity index (χ1n) is 7.13. The van der Waals surface area contributed by atoms with Crippen LogP contribution in [0.15, 0.2) is 24.3 Å². The molecule has 1 aromatic carbocycles. The number of carbonyl (C=O) groups excluding carboxylic acids is 1. The van der Waals surface area contributed by atoms with E-state index in [2.05, 4.69) is 4.90 Å². The second kappa shape index (κ2) is 6.47. The maximum Gasteiger partial charge on any atom is 0.325 e. The van der Waals surface area contributed by atoms with Crippen molar-refractivity contribution in [2.75, 3.05) is 43.0 Å². The van der Waals surface area contributed by atoms with Crippen LogP contribution >= 0.6 is 0 Å². The number of urea groups is 1. The van der Waals surface area contributed by atoms with Crippen LogP contribution in [0.25, 0.3) is 0 Å². The Hall–Kier alpha value is -2.24. The maximum absolute atomic E-state index is 12.7. The first kappa shape index (κ1) is 15.2. The third-order valence-electron chi connectivity index (χ3n) is 3.56. The minimum absolute atomic E-state index is 0.236. The van der Waals surface area contributed by atoms with E-state index in [0.29, 0.717) is 13.1 Å². The van der Waals surface area contributed by atoms with E-state index < -0.39 is 5.97 Å². The molecular weight excluding hydrogens is 270 g/mol. The predicted molar refractivity (Wildman–Crippen MR) is 82.0 cm³/mol. The number of anilines is 2. The minimum atomic E-state index is -0.987. The largest absolute Gasteiger partial charge is 0.480 e. The molecule has 0 atom stereocenters. The van der Waals surface area contributed by atoms with Crippen LogP contribution in [0.3, 0.4) is 0 Å². The highest BCUT2D eigenvalue weighted by Crippen LogP contribution is 2.32. The van der Waals surface area contributed by atoms with E-state index in [0.717, 1.165) is 24.3 Å². The van der Waals surface area contributed by atoms with Gasteiger partial charge in [-0.05, 0) is 18.6 Å². The normalized spacial score (nSPS) is 13.8. The Morgan fingerprint density at radius 3 is 2.52 bits per heavy atom. The number of carbonyl (C=O) groups is 2. The average Bonchev–Trinajstić information content (AvgIpc) is 2.46. The number of aliphatic carboxylic acids is 1. The van der Waals surface area contributed by atoms with E-state index in [1.165, 1.54) is 4.90 Å². The SMILES string of the molecule is CCCN(CC(=O)O)C(=O)N1CCN(C)c2ccccc21. The van der Waals surface area contributed by atoms with Gasteiger partial charge in [-0.2, -0.15) is 0 Å². The van der Waals surface area contributed by atoms with Gasteiger partial charge in [-0.3, -0.25) is 9.69 Å². The fourth-order valence-electron chi connectivity index (χ4n) is 2.55. The Kier molecular flexibility index (Phi) is 4.67. The summed E-state index contributed by atoms with van der Waals surface area (Å²) >= 11 is 0. The Balaban J connectivity index is 2.26. The Bertz CT molecular complexity index is 533. The van der Waals surface area contributed by atoms with Crippen molar-refractivity contribution in [1.82, 2.24) is 4.90 Å². The van der Waals surface area contributed by atoms with Gasteiger partial charge < -0.3 is 14.9 Å². The van der Waals surface area contributed by atoms with Crippen LogP contribution in [-0.2, 0) is 4.79 Å². The molecule has 0 aliphatic carbocycles. The molecule has 114 valence electrons. The molecule has 1 aliphatic heterocycles. The van der Waals surface area contributed by atoms with Crippen LogP contribution in [0.4, 0.5) is 16.2 Å². The van der Waals surface area contributed by atoms with Crippen LogP contribution in [0.5, 0.6) is 0 Å². The van der Waals surface area contributed by atoms with Gasteiger partial charge in [0.25, 0.3) is 0 Å². The van der Waals surface area contributed by atoms with E-state index in [-0.39, 0.29) is 12.6 Å². The van der Waals surface area contributed by atoms with Gasteiger partial charge in [0, 0.05) is 26.7 Å². The lowest BCUT2D eigenvalue weighted by Crippen LogP contribution is -2.50. The van der Waals surface area contributed by atoms with Gasteiger partial charge in [-0.15, -0.1) is 0 Å². The highest BCUT2D eigenvalue weighted by Gasteiger charge is 2.28. The zero-order valence-electron chi connectivity index (χ0n) is 12.5. The highest BCUT2D eigenvalue weighted by atomic mass is 16.4. The maximum atomic E-state index is 12.7. The first-order chi connectivity index (χ1) is 10.0. The summed E-state index contributed by atoms with van der Waals surface area (Å²) in [4.78, 5) is 28.8. The lowest BCUT2D eigenvalue weighted by atomic mass is 10.2. The molecule has 0 spiro atoms. The number of para-hydroxylation sites is 2.